The van der Waals surface area contributed by atoms with Crippen LogP contribution in [0.1, 0.15) is 53.4 Å². The van der Waals surface area contributed by atoms with Crippen molar-refractivity contribution in [2.75, 3.05) is 19.4 Å². The summed E-state index contributed by atoms with van der Waals surface area (Å²) in [5.74, 6) is 0.636. The molecule has 1 rings (SSSR count). The van der Waals surface area contributed by atoms with Crippen molar-refractivity contribution >= 4 is 11.8 Å². The van der Waals surface area contributed by atoms with Gasteiger partial charge in [0.25, 0.3) is 0 Å². The van der Waals surface area contributed by atoms with Gasteiger partial charge in [-0.15, -0.1) is 0 Å². The third-order valence-electron chi connectivity index (χ3n) is 4.49. The lowest BCUT2D eigenvalue weighted by Crippen LogP contribution is -2.46. The number of hydrogen-bond donors (Lipinski definition) is 1. The topological polar surface area (TPSA) is 21.3 Å². The molecule has 2 unspecified atom stereocenters. The molecule has 0 aromatic heterocycles. The van der Waals surface area contributed by atoms with Crippen LogP contribution in [0, 0.1) is 5.92 Å². The highest BCUT2D eigenvalue weighted by Gasteiger charge is 2.29. The van der Waals surface area contributed by atoms with Gasteiger partial charge in [-0.05, 0) is 37.9 Å². The number of nitrogens with one attached hydrogen (secondary N) is 1. The van der Waals surface area contributed by atoms with E-state index in [1.165, 1.54) is 25.7 Å². The highest BCUT2D eigenvalue weighted by atomic mass is 32.2. The Morgan fingerprint density at radius 2 is 2.00 bits per heavy atom. The van der Waals surface area contributed by atoms with Gasteiger partial charge in [-0.3, -0.25) is 0 Å². The second-order valence-electron chi connectivity index (χ2n) is 5.85. The first-order chi connectivity index (χ1) is 8.56. The number of rotatable bonds is 7. The molecule has 1 N–H and O–H groups in total. The minimum absolute atomic E-state index is 0.422. The standard InChI is InChI=1S/C15H31NOS/c1-6-15(7-2,18-5)11-16-13-8-9-17-14(10-13)12(3)4/h12-14,16H,6-11H2,1-5H3. The van der Waals surface area contributed by atoms with E-state index in [0.717, 1.165) is 13.2 Å². The zero-order valence-corrected chi connectivity index (χ0v) is 13.6. The molecule has 0 saturated carbocycles. The summed E-state index contributed by atoms with van der Waals surface area (Å²) < 4.78 is 6.26. The van der Waals surface area contributed by atoms with Gasteiger partial charge >= 0.3 is 0 Å². The van der Waals surface area contributed by atoms with Gasteiger partial charge in [0, 0.05) is 23.9 Å². The highest BCUT2D eigenvalue weighted by Crippen LogP contribution is 2.30. The zero-order valence-electron chi connectivity index (χ0n) is 12.8. The molecule has 0 spiro atoms. The molecular weight excluding hydrogens is 242 g/mol. The van der Waals surface area contributed by atoms with Crippen LogP contribution >= 0.6 is 11.8 Å². The number of hydrogen-bond acceptors (Lipinski definition) is 3. The van der Waals surface area contributed by atoms with Crippen molar-refractivity contribution in [2.24, 2.45) is 5.92 Å². The Kier molecular flexibility index (Phi) is 7.04. The minimum Gasteiger partial charge on any atom is -0.378 e. The molecule has 2 nitrogen and oxygen atoms in total. The lowest BCUT2D eigenvalue weighted by atomic mass is 9.94. The van der Waals surface area contributed by atoms with Gasteiger partial charge in [-0.1, -0.05) is 27.7 Å². The first kappa shape index (κ1) is 16.3. The third-order valence-corrected chi connectivity index (χ3v) is 6.08. The lowest BCUT2D eigenvalue weighted by molar-refractivity contribution is -0.0245. The van der Waals surface area contributed by atoms with Crippen molar-refractivity contribution in [1.82, 2.24) is 5.32 Å². The summed E-state index contributed by atoms with van der Waals surface area (Å²) in [7, 11) is 0. The highest BCUT2D eigenvalue weighted by molar-refractivity contribution is 8.00. The molecule has 18 heavy (non-hydrogen) atoms. The van der Waals surface area contributed by atoms with E-state index in [2.05, 4.69) is 39.3 Å². The summed E-state index contributed by atoms with van der Waals surface area (Å²) in [5.41, 5.74) is 0. The molecule has 108 valence electrons. The van der Waals surface area contributed by atoms with Crippen LogP contribution in [0.25, 0.3) is 0 Å². The fourth-order valence-corrected chi connectivity index (χ4v) is 3.47. The summed E-state index contributed by atoms with van der Waals surface area (Å²) in [6, 6.07) is 0.649. The van der Waals surface area contributed by atoms with Crippen molar-refractivity contribution in [3.63, 3.8) is 0 Å². The van der Waals surface area contributed by atoms with E-state index >= 15 is 0 Å². The fourth-order valence-electron chi connectivity index (χ4n) is 2.67. The molecule has 3 heteroatoms. The second-order valence-corrected chi connectivity index (χ2v) is 7.12. The third kappa shape index (κ3) is 4.43. The first-order valence-electron chi connectivity index (χ1n) is 7.47. The van der Waals surface area contributed by atoms with Crippen molar-refractivity contribution in [3.05, 3.63) is 0 Å². The molecule has 0 aliphatic carbocycles. The van der Waals surface area contributed by atoms with E-state index in [4.69, 9.17) is 4.74 Å². The molecule has 0 aromatic rings. The average molecular weight is 273 g/mol. The summed E-state index contributed by atoms with van der Waals surface area (Å²) in [4.78, 5) is 0. The van der Waals surface area contributed by atoms with Crippen LogP contribution in [0.4, 0.5) is 0 Å². The van der Waals surface area contributed by atoms with Gasteiger partial charge in [-0.25, -0.2) is 0 Å². The molecule has 2 atom stereocenters. The molecule has 0 bridgehead atoms. The molecule has 1 saturated heterocycles. The molecule has 0 aromatic carbocycles. The van der Waals surface area contributed by atoms with E-state index in [1.54, 1.807) is 0 Å². The Balaban J connectivity index is 2.42. The predicted molar refractivity (Wildman–Crippen MR) is 82.4 cm³/mol. The Morgan fingerprint density at radius 1 is 1.33 bits per heavy atom. The van der Waals surface area contributed by atoms with Crippen LogP contribution in [0.2, 0.25) is 0 Å². The Labute approximate surface area is 118 Å². The quantitative estimate of drug-likeness (QED) is 0.764. The Morgan fingerprint density at radius 3 is 2.50 bits per heavy atom. The maximum absolute atomic E-state index is 5.84. The van der Waals surface area contributed by atoms with Gasteiger partial charge < -0.3 is 10.1 Å². The van der Waals surface area contributed by atoms with Gasteiger partial charge in [-0.2, -0.15) is 11.8 Å². The maximum atomic E-state index is 5.84. The van der Waals surface area contributed by atoms with Gasteiger partial charge in [0.1, 0.15) is 0 Å². The van der Waals surface area contributed by atoms with Crippen molar-refractivity contribution in [2.45, 2.75) is 70.3 Å². The molecule has 0 radical (unpaired) electrons. The van der Waals surface area contributed by atoms with E-state index in [9.17, 15) is 0 Å². The molecule has 1 fully saturated rings. The van der Waals surface area contributed by atoms with Gasteiger partial charge in [0.15, 0.2) is 0 Å². The van der Waals surface area contributed by atoms with E-state index < -0.39 is 0 Å². The van der Waals surface area contributed by atoms with Crippen LogP contribution < -0.4 is 5.32 Å². The van der Waals surface area contributed by atoms with Crippen LogP contribution in [-0.4, -0.2) is 36.3 Å². The molecular formula is C15H31NOS. The van der Waals surface area contributed by atoms with Crippen molar-refractivity contribution < 1.29 is 4.74 Å². The lowest BCUT2D eigenvalue weighted by Gasteiger charge is -2.36. The minimum atomic E-state index is 0.422. The molecule has 1 aliphatic heterocycles. The fraction of sp³-hybridized carbons (Fsp3) is 1.00. The smallest absolute Gasteiger partial charge is 0.0612 e. The van der Waals surface area contributed by atoms with Crippen molar-refractivity contribution in [3.8, 4) is 0 Å². The van der Waals surface area contributed by atoms with Crippen LogP contribution in [-0.2, 0) is 4.74 Å². The molecule has 0 amide bonds. The van der Waals surface area contributed by atoms with E-state index in [0.29, 0.717) is 22.8 Å². The first-order valence-corrected chi connectivity index (χ1v) is 8.69. The second kappa shape index (κ2) is 7.76. The zero-order chi connectivity index (χ0) is 13.6. The molecule has 1 heterocycles. The van der Waals surface area contributed by atoms with Crippen LogP contribution in [0.15, 0.2) is 0 Å². The van der Waals surface area contributed by atoms with E-state index in [1.807, 2.05) is 11.8 Å². The summed E-state index contributed by atoms with van der Waals surface area (Å²) in [5, 5.41) is 3.80. The van der Waals surface area contributed by atoms with Gasteiger partial charge in [0.05, 0.1) is 6.10 Å². The van der Waals surface area contributed by atoms with Crippen molar-refractivity contribution in [1.29, 1.82) is 0 Å². The predicted octanol–water partition coefficient (Wildman–Crippen LogP) is 3.70. The Hall–Kier alpha value is 0.270. The molecule has 1 aliphatic rings. The Bertz CT molecular complexity index is 220. The largest absolute Gasteiger partial charge is 0.378 e. The summed E-state index contributed by atoms with van der Waals surface area (Å²) in [6.45, 7) is 11.2. The maximum Gasteiger partial charge on any atom is 0.0612 e. The number of ether oxygens (including phenoxy) is 1. The normalized spacial score (nSPS) is 25.7. The van der Waals surface area contributed by atoms with E-state index in [-0.39, 0.29) is 0 Å². The SMILES string of the molecule is CCC(CC)(CNC1CCOC(C(C)C)C1)SC. The summed E-state index contributed by atoms with van der Waals surface area (Å²) >= 11 is 2.02. The summed E-state index contributed by atoms with van der Waals surface area (Å²) in [6.07, 6.45) is 7.53. The average Bonchev–Trinajstić information content (AvgIpc) is 2.41. The van der Waals surface area contributed by atoms with Gasteiger partial charge in [0.2, 0.25) is 0 Å². The van der Waals surface area contributed by atoms with Crippen LogP contribution in [0.5, 0.6) is 0 Å². The number of thioether (sulfide) groups is 1. The van der Waals surface area contributed by atoms with Crippen LogP contribution in [0.3, 0.4) is 0 Å². The monoisotopic (exact) mass is 273 g/mol.